The lowest BCUT2D eigenvalue weighted by atomic mass is 9.92. The van der Waals surface area contributed by atoms with Crippen LogP contribution in [0, 0.1) is 11.8 Å². The van der Waals surface area contributed by atoms with Crippen LogP contribution in [-0.4, -0.2) is 41.5 Å². The van der Waals surface area contributed by atoms with E-state index in [0.717, 1.165) is 0 Å². The van der Waals surface area contributed by atoms with E-state index in [1.54, 1.807) is 19.3 Å². The van der Waals surface area contributed by atoms with Crippen LogP contribution in [0.3, 0.4) is 0 Å². The number of rotatable bonds is 3. The second-order valence-corrected chi connectivity index (χ2v) is 7.04. The van der Waals surface area contributed by atoms with E-state index in [0.29, 0.717) is 13.0 Å². The standard InChI is InChI=1S/C12H18N2O4S/c1-9-6-10(12(15)16)8-14(7-9)19(17,18)11-4-3-5-13(11)2/h3-5,9-10H,6-8H2,1-2H3,(H,15,16). The Morgan fingerprint density at radius 2 is 2.11 bits per heavy atom. The Labute approximate surface area is 112 Å². The lowest BCUT2D eigenvalue weighted by Crippen LogP contribution is -2.45. The molecule has 1 aromatic rings. The van der Waals surface area contributed by atoms with Crippen molar-refractivity contribution in [3.63, 3.8) is 0 Å². The van der Waals surface area contributed by atoms with Crippen molar-refractivity contribution in [2.75, 3.05) is 13.1 Å². The zero-order valence-electron chi connectivity index (χ0n) is 11.0. The van der Waals surface area contributed by atoms with E-state index >= 15 is 0 Å². The maximum absolute atomic E-state index is 12.5. The molecule has 1 aromatic heterocycles. The van der Waals surface area contributed by atoms with Gasteiger partial charge < -0.3 is 9.67 Å². The lowest BCUT2D eigenvalue weighted by Gasteiger charge is -2.33. The zero-order valence-corrected chi connectivity index (χ0v) is 11.8. The molecule has 0 bridgehead atoms. The summed E-state index contributed by atoms with van der Waals surface area (Å²) in [5.74, 6) is -1.51. The molecule has 1 N–H and O–H groups in total. The van der Waals surface area contributed by atoms with Crippen LogP contribution in [0.25, 0.3) is 0 Å². The fraction of sp³-hybridized carbons (Fsp3) is 0.583. The summed E-state index contributed by atoms with van der Waals surface area (Å²) in [4.78, 5) is 11.1. The van der Waals surface area contributed by atoms with Crippen LogP contribution in [0.4, 0.5) is 0 Å². The minimum atomic E-state index is -3.62. The number of nitrogens with zero attached hydrogens (tertiary/aromatic N) is 2. The van der Waals surface area contributed by atoms with Crippen molar-refractivity contribution in [1.82, 2.24) is 8.87 Å². The highest BCUT2D eigenvalue weighted by atomic mass is 32.2. The lowest BCUT2D eigenvalue weighted by molar-refractivity contribution is -0.143. The molecule has 2 unspecified atom stereocenters. The fourth-order valence-corrected chi connectivity index (χ4v) is 4.29. The van der Waals surface area contributed by atoms with Crippen molar-refractivity contribution < 1.29 is 18.3 Å². The third kappa shape index (κ3) is 2.66. The number of hydrogen-bond acceptors (Lipinski definition) is 3. The van der Waals surface area contributed by atoms with E-state index in [1.165, 1.54) is 14.9 Å². The molecular formula is C12H18N2O4S. The fourth-order valence-electron chi connectivity index (χ4n) is 2.52. The number of carboxylic acid groups (broad SMARTS) is 1. The second-order valence-electron chi connectivity index (χ2n) is 5.16. The molecule has 19 heavy (non-hydrogen) atoms. The van der Waals surface area contributed by atoms with Crippen LogP contribution in [-0.2, 0) is 21.9 Å². The van der Waals surface area contributed by atoms with Gasteiger partial charge in [-0.3, -0.25) is 4.79 Å². The van der Waals surface area contributed by atoms with E-state index in [-0.39, 0.29) is 17.5 Å². The SMILES string of the molecule is CC1CC(C(=O)O)CN(S(=O)(=O)c2cccn2C)C1. The Balaban J connectivity index is 2.30. The molecule has 1 fully saturated rings. The van der Waals surface area contributed by atoms with Crippen LogP contribution in [0.2, 0.25) is 0 Å². The number of piperidine rings is 1. The van der Waals surface area contributed by atoms with Gasteiger partial charge in [-0.25, -0.2) is 8.42 Å². The van der Waals surface area contributed by atoms with E-state index in [9.17, 15) is 13.2 Å². The summed E-state index contributed by atoms with van der Waals surface area (Å²) >= 11 is 0. The summed E-state index contributed by atoms with van der Waals surface area (Å²) in [6, 6.07) is 3.19. The van der Waals surface area contributed by atoms with Crippen LogP contribution >= 0.6 is 0 Å². The van der Waals surface area contributed by atoms with Crippen molar-refractivity contribution >= 4 is 16.0 Å². The molecule has 7 heteroatoms. The number of aliphatic carboxylic acids is 1. The van der Waals surface area contributed by atoms with Gasteiger partial charge in [-0.1, -0.05) is 6.92 Å². The molecule has 0 radical (unpaired) electrons. The van der Waals surface area contributed by atoms with Gasteiger partial charge in [0.05, 0.1) is 5.92 Å². The quantitative estimate of drug-likeness (QED) is 0.889. The predicted molar refractivity (Wildman–Crippen MR) is 69.1 cm³/mol. The van der Waals surface area contributed by atoms with E-state index in [2.05, 4.69) is 0 Å². The van der Waals surface area contributed by atoms with Crippen LogP contribution in [0.1, 0.15) is 13.3 Å². The second kappa shape index (κ2) is 4.97. The van der Waals surface area contributed by atoms with Gasteiger partial charge in [-0.2, -0.15) is 4.31 Å². The van der Waals surface area contributed by atoms with Gasteiger partial charge in [0.2, 0.25) is 0 Å². The average molecular weight is 286 g/mol. The summed E-state index contributed by atoms with van der Waals surface area (Å²) in [5.41, 5.74) is 0. The van der Waals surface area contributed by atoms with E-state index in [4.69, 9.17) is 5.11 Å². The Bertz CT molecular complexity index is 578. The van der Waals surface area contributed by atoms with Gasteiger partial charge in [-0.15, -0.1) is 0 Å². The van der Waals surface area contributed by atoms with Gasteiger partial charge in [-0.05, 0) is 24.5 Å². The van der Waals surface area contributed by atoms with E-state index in [1.807, 2.05) is 6.92 Å². The van der Waals surface area contributed by atoms with Crippen LogP contribution in [0.5, 0.6) is 0 Å². The first-order valence-electron chi connectivity index (χ1n) is 6.16. The number of carboxylic acids is 1. The van der Waals surface area contributed by atoms with Gasteiger partial charge in [0.15, 0.2) is 0 Å². The molecule has 106 valence electrons. The van der Waals surface area contributed by atoms with Crippen LogP contribution in [0.15, 0.2) is 23.4 Å². The minimum absolute atomic E-state index is 0.0462. The summed E-state index contributed by atoms with van der Waals surface area (Å²) in [6.45, 7) is 2.30. The van der Waals surface area contributed by atoms with Crippen molar-refractivity contribution in [2.24, 2.45) is 18.9 Å². The summed E-state index contributed by atoms with van der Waals surface area (Å²) in [6.07, 6.45) is 2.18. The molecule has 0 saturated carbocycles. The summed E-state index contributed by atoms with van der Waals surface area (Å²) in [5, 5.41) is 9.30. The highest BCUT2D eigenvalue weighted by molar-refractivity contribution is 7.89. The third-order valence-corrected chi connectivity index (χ3v) is 5.41. The molecule has 1 aliphatic rings. The maximum atomic E-state index is 12.5. The maximum Gasteiger partial charge on any atom is 0.307 e. The molecule has 2 heterocycles. The first kappa shape index (κ1) is 14.1. The topological polar surface area (TPSA) is 79.6 Å². The number of aryl methyl sites for hydroxylation is 1. The highest BCUT2D eigenvalue weighted by Gasteiger charge is 2.36. The van der Waals surface area contributed by atoms with Crippen molar-refractivity contribution in [3.8, 4) is 0 Å². The molecule has 1 saturated heterocycles. The Morgan fingerprint density at radius 1 is 1.42 bits per heavy atom. The smallest absolute Gasteiger partial charge is 0.307 e. The third-order valence-electron chi connectivity index (χ3n) is 3.48. The van der Waals surface area contributed by atoms with Crippen LogP contribution < -0.4 is 0 Å². The number of hydrogen-bond donors (Lipinski definition) is 1. The predicted octanol–water partition coefficient (Wildman–Crippen LogP) is 0.756. The monoisotopic (exact) mass is 286 g/mol. The van der Waals surface area contributed by atoms with Crippen molar-refractivity contribution in [2.45, 2.75) is 18.4 Å². The largest absolute Gasteiger partial charge is 0.481 e. The Hall–Kier alpha value is -1.34. The van der Waals surface area contributed by atoms with E-state index < -0.39 is 21.9 Å². The number of aromatic nitrogens is 1. The molecule has 2 atom stereocenters. The molecule has 2 rings (SSSR count). The molecular weight excluding hydrogens is 268 g/mol. The van der Waals surface area contributed by atoms with Gasteiger partial charge in [0.1, 0.15) is 5.03 Å². The number of carbonyl (C=O) groups is 1. The average Bonchev–Trinajstić information content (AvgIpc) is 2.75. The Kier molecular flexibility index (Phi) is 3.69. The van der Waals surface area contributed by atoms with Gasteiger partial charge in [0.25, 0.3) is 10.0 Å². The van der Waals surface area contributed by atoms with Gasteiger partial charge >= 0.3 is 5.97 Å². The summed E-state index contributed by atoms with van der Waals surface area (Å²) in [7, 11) is -1.95. The molecule has 6 nitrogen and oxygen atoms in total. The summed E-state index contributed by atoms with van der Waals surface area (Å²) < 4.78 is 27.8. The van der Waals surface area contributed by atoms with Gasteiger partial charge in [0, 0.05) is 26.3 Å². The molecule has 0 aromatic carbocycles. The number of sulfonamides is 1. The first-order valence-corrected chi connectivity index (χ1v) is 7.60. The molecule has 0 spiro atoms. The van der Waals surface area contributed by atoms with Crippen molar-refractivity contribution in [3.05, 3.63) is 18.3 Å². The normalized spacial score (nSPS) is 25.4. The zero-order chi connectivity index (χ0) is 14.2. The minimum Gasteiger partial charge on any atom is -0.481 e. The molecule has 0 aliphatic carbocycles. The highest BCUT2D eigenvalue weighted by Crippen LogP contribution is 2.27. The first-order chi connectivity index (χ1) is 8.82. The van der Waals surface area contributed by atoms with Crippen molar-refractivity contribution in [1.29, 1.82) is 0 Å². The Morgan fingerprint density at radius 3 is 2.63 bits per heavy atom. The molecule has 1 aliphatic heterocycles. The molecule has 0 amide bonds.